The molecule has 2 N–H and O–H groups in total. The van der Waals surface area contributed by atoms with Gasteiger partial charge in [0, 0.05) is 12.3 Å². The smallest absolute Gasteiger partial charge is 0.407 e. The van der Waals surface area contributed by atoms with Crippen molar-refractivity contribution >= 4 is 23.8 Å². The fourth-order valence-corrected chi connectivity index (χ4v) is 1.81. The van der Waals surface area contributed by atoms with E-state index in [1.165, 1.54) is 0 Å². The van der Waals surface area contributed by atoms with Crippen molar-refractivity contribution in [1.29, 1.82) is 0 Å². The Morgan fingerprint density at radius 1 is 1.29 bits per heavy atom. The predicted octanol–water partition coefficient (Wildman–Crippen LogP) is 2.11. The van der Waals surface area contributed by atoms with Crippen LogP contribution in [0.1, 0.15) is 33.6 Å². The number of hydrogen-bond donors (Lipinski definition) is 2. The highest BCUT2D eigenvalue weighted by Crippen LogP contribution is 2.07. The molecule has 0 radical (unpaired) electrons. The molecule has 0 aliphatic carbocycles. The maximum absolute atomic E-state index is 11.2. The molecule has 0 aliphatic heterocycles. The fourth-order valence-electron chi connectivity index (χ4n) is 0.940. The summed E-state index contributed by atoms with van der Waals surface area (Å²) in [6.45, 7) is 5.99. The zero-order valence-corrected chi connectivity index (χ0v) is 11.4. The molecule has 1 amide bonds. The fraction of sp³-hybridized carbons (Fsp3) is 0.818. The van der Waals surface area contributed by atoms with Gasteiger partial charge in [0.1, 0.15) is 5.60 Å². The summed E-state index contributed by atoms with van der Waals surface area (Å²) in [7, 11) is 0. The number of nitrogens with one attached hydrogen (secondary N) is 1. The molecule has 0 saturated carbocycles. The SMILES string of the molecule is CC(C)(C)OC(=O)NCCCSCCC(=O)O. The van der Waals surface area contributed by atoms with Gasteiger partial charge >= 0.3 is 12.1 Å². The maximum Gasteiger partial charge on any atom is 0.407 e. The van der Waals surface area contributed by atoms with Crippen molar-refractivity contribution in [3.05, 3.63) is 0 Å². The zero-order chi connectivity index (χ0) is 13.3. The summed E-state index contributed by atoms with van der Waals surface area (Å²) in [6, 6.07) is 0. The predicted molar refractivity (Wildman–Crippen MR) is 68.4 cm³/mol. The number of carbonyl (C=O) groups excluding carboxylic acids is 1. The largest absolute Gasteiger partial charge is 0.481 e. The third-order valence-electron chi connectivity index (χ3n) is 1.59. The Morgan fingerprint density at radius 3 is 2.47 bits per heavy atom. The van der Waals surface area contributed by atoms with Gasteiger partial charge in [-0.1, -0.05) is 0 Å². The first-order valence-electron chi connectivity index (χ1n) is 5.57. The molecule has 5 nitrogen and oxygen atoms in total. The summed E-state index contributed by atoms with van der Waals surface area (Å²) >= 11 is 1.57. The van der Waals surface area contributed by atoms with Gasteiger partial charge in [-0.25, -0.2) is 4.79 Å². The van der Waals surface area contributed by atoms with Crippen LogP contribution in [0.4, 0.5) is 4.79 Å². The lowest BCUT2D eigenvalue weighted by molar-refractivity contribution is -0.136. The van der Waals surface area contributed by atoms with Crippen LogP contribution in [0.3, 0.4) is 0 Å². The van der Waals surface area contributed by atoms with E-state index in [9.17, 15) is 9.59 Å². The van der Waals surface area contributed by atoms with E-state index in [0.717, 1.165) is 12.2 Å². The number of hydrogen-bond acceptors (Lipinski definition) is 4. The molecule has 0 unspecified atom stereocenters. The van der Waals surface area contributed by atoms with E-state index >= 15 is 0 Å². The number of ether oxygens (including phenoxy) is 1. The number of carbonyl (C=O) groups is 2. The van der Waals surface area contributed by atoms with Crippen molar-refractivity contribution in [1.82, 2.24) is 5.32 Å². The van der Waals surface area contributed by atoms with Crippen LogP contribution in [0.25, 0.3) is 0 Å². The molecule has 6 heteroatoms. The number of carboxylic acids is 1. The van der Waals surface area contributed by atoms with Crippen LogP contribution in [-0.4, -0.2) is 40.8 Å². The second kappa shape index (κ2) is 8.22. The monoisotopic (exact) mass is 263 g/mol. The van der Waals surface area contributed by atoms with E-state index < -0.39 is 17.7 Å². The van der Waals surface area contributed by atoms with Crippen molar-refractivity contribution in [2.75, 3.05) is 18.1 Å². The second-order valence-corrected chi connectivity index (χ2v) is 5.76. The highest BCUT2D eigenvalue weighted by Gasteiger charge is 2.15. The van der Waals surface area contributed by atoms with Gasteiger partial charge in [0.2, 0.25) is 0 Å². The van der Waals surface area contributed by atoms with Crippen molar-refractivity contribution < 1.29 is 19.4 Å². The summed E-state index contributed by atoms with van der Waals surface area (Å²) < 4.78 is 5.06. The number of rotatable bonds is 7. The average molecular weight is 263 g/mol. The molecule has 0 aromatic rings. The number of aliphatic carboxylic acids is 1. The third kappa shape index (κ3) is 13.0. The molecule has 0 heterocycles. The van der Waals surface area contributed by atoms with Crippen LogP contribution >= 0.6 is 11.8 Å². The lowest BCUT2D eigenvalue weighted by atomic mass is 10.2. The number of thioether (sulfide) groups is 1. The lowest BCUT2D eigenvalue weighted by Gasteiger charge is -2.19. The van der Waals surface area contributed by atoms with Crippen LogP contribution in [0, 0.1) is 0 Å². The first-order chi connectivity index (χ1) is 7.81. The molecule has 0 aromatic carbocycles. The lowest BCUT2D eigenvalue weighted by Crippen LogP contribution is -2.33. The van der Waals surface area contributed by atoms with E-state index in [4.69, 9.17) is 9.84 Å². The first kappa shape index (κ1) is 16.1. The Kier molecular flexibility index (Phi) is 7.78. The second-order valence-electron chi connectivity index (χ2n) is 4.54. The van der Waals surface area contributed by atoms with Crippen molar-refractivity contribution in [2.45, 2.75) is 39.2 Å². The van der Waals surface area contributed by atoms with Crippen LogP contribution < -0.4 is 5.32 Å². The normalized spacial score (nSPS) is 11.0. The van der Waals surface area contributed by atoms with Crippen LogP contribution in [0.15, 0.2) is 0 Å². The topological polar surface area (TPSA) is 75.6 Å². The summed E-state index contributed by atoms with van der Waals surface area (Å²) in [5.41, 5.74) is -0.472. The molecule has 0 spiro atoms. The molecule has 0 bridgehead atoms. The summed E-state index contributed by atoms with van der Waals surface area (Å²) in [5, 5.41) is 11.1. The first-order valence-corrected chi connectivity index (χ1v) is 6.73. The van der Waals surface area contributed by atoms with Crippen molar-refractivity contribution in [2.24, 2.45) is 0 Å². The molecular weight excluding hydrogens is 242 g/mol. The Hall–Kier alpha value is -0.910. The summed E-state index contributed by atoms with van der Waals surface area (Å²) in [5.74, 6) is 0.676. The Morgan fingerprint density at radius 2 is 1.94 bits per heavy atom. The summed E-state index contributed by atoms with van der Waals surface area (Å²) in [6.07, 6.45) is 0.585. The van der Waals surface area contributed by atoms with E-state index in [1.54, 1.807) is 11.8 Å². The van der Waals surface area contributed by atoms with Gasteiger partial charge in [0.15, 0.2) is 0 Å². The van der Waals surface area contributed by atoms with Gasteiger partial charge in [-0.3, -0.25) is 4.79 Å². The van der Waals surface area contributed by atoms with Gasteiger partial charge in [0.25, 0.3) is 0 Å². The molecule has 0 fully saturated rings. The summed E-state index contributed by atoms with van der Waals surface area (Å²) in [4.78, 5) is 21.4. The van der Waals surface area contributed by atoms with Gasteiger partial charge in [0.05, 0.1) is 6.42 Å². The highest BCUT2D eigenvalue weighted by molar-refractivity contribution is 7.99. The number of carboxylic acid groups (broad SMARTS) is 1. The van der Waals surface area contributed by atoms with Gasteiger partial charge in [-0.05, 0) is 32.9 Å². The molecule has 0 rings (SSSR count). The Labute approximate surface area is 106 Å². The molecule has 17 heavy (non-hydrogen) atoms. The quantitative estimate of drug-likeness (QED) is 0.688. The van der Waals surface area contributed by atoms with Crippen LogP contribution in [0.5, 0.6) is 0 Å². The van der Waals surface area contributed by atoms with Gasteiger partial charge in [-0.2, -0.15) is 11.8 Å². The maximum atomic E-state index is 11.2. The van der Waals surface area contributed by atoms with Gasteiger partial charge < -0.3 is 15.2 Å². The molecule has 0 aromatic heterocycles. The minimum Gasteiger partial charge on any atom is -0.481 e. The average Bonchev–Trinajstić information content (AvgIpc) is 2.12. The van der Waals surface area contributed by atoms with Crippen molar-refractivity contribution in [3.8, 4) is 0 Å². The van der Waals surface area contributed by atoms with Crippen LogP contribution in [0.2, 0.25) is 0 Å². The third-order valence-corrected chi connectivity index (χ3v) is 2.66. The molecule has 0 saturated heterocycles. The number of alkyl carbamates (subject to hydrolysis) is 1. The minimum atomic E-state index is -0.774. The Bertz CT molecular complexity index is 250. The molecule has 0 atom stereocenters. The van der Waals surface area contributed by atoms with Gasteiger partial charge in [-0.15, -0.1) is 0 Å². The van der Waals surface area contributed by atoms with E-state index in [0.29, 0.717) is 12.3 Å². The standard InChI is InChI=1S/C11H21NO4S/c1-11(2,3)16-10(15)12-6-4-7-17-8-5-9(13)14/h4-8H2,1-3H3,(H,12,15)(H,13,14). The van der Waals surface area contributed by atoms with E-state index in [-0.39, 0.29) is 6.42 Å². The molecule has 100 valence electrons. The molecule has 0 aliphatic rings. The van der Waals surface area contributed by atoms with Crippen LogP contribution in [-0.2, 0) is 9.53 Å². The molecular formula is C11H21NO4S. The van der Waals surface area contributed by atoms with E-state index in [2.05, 4.69) is 5.32 Å². The highest BCUT2D eigenvalue weighted by atomic mass is 32.2. The van der Waals surface area contributed by atoms with E-state index in [1.807, 2.05) is 20.8 Å². The zero-order valence-electron chi connectivity index (χ0n) is 10.6. The minimum absolute atomic E-state index is 0.185. The van der Waals surface area contributed by atoms with Crippen molar-refractivity contribution in [3.63, 3.8) is 0 Å². The Balaban J connectivity index is 3.34. The number of amides is 1.